The summed E-state index contributed by atoms with van der Waals surface area (Å²) in [5.41, 5.74) is 0.495. The van der Waals surface area contributed by atoms with Gasteiger partial charge in [-0.3, -0.25) is 4.79 Å². The van der Waals surface area contributed by atoms with Gasteiger partial charge in [-0.1, -0.05) is 12.1 Å². The standard InChI is InChI=1S/C18H20N6O2/c25-12-4-3-9-24(11-12)16-7-8-19-18(23-16)20-10-15-21-14-6-2-1-5-13(14)17(26)22-15/h1-2,5-8,12,25H,3-4,9-11H2,(H,19,20,23)(H,21,22,26)/t12-/m0/s1. The van der Waals surface area contributed by atoms with Crippen LogP contribution in [0.1, 0.15) is 18.7 Å². The fourth-order valence-electron chi connectivity index (χ4n) is 3.15. The number of β-amino-alcohol motifs (C(OH)–C–C–N with tert-alkyl or cyclic N) is 1. The minimum absolute atomic E-state index is 0.163. The number of anilines is 2. The molecule has 0 unspecified atom stereocenters. The van der Waals surface area contributed by atoms with Crippen LogP contribution in [-0.2, 0) is 6.54 Å². The zero-order valence-electron chi connectivity index (χ0n) is 14.2. The molecular formula is C18H20N6O2. The summed E-state index contributed by atoms with van der Waals surface area (Å²) in [5.74, 6) is 1.76. The minimum atomic E-state index is -0.318. The van der Waals surface area contributed by atoms with E-state index in [9.17, 15) is 9.90 Å². The predicted molar refractivity (Wildman–Crippen MR) is 99.2 cm³/mol. The van der Waals surface area contributed by atoms with E-state index < -0.39 is 0 Å². The third-order valence-corrected chi connectivity index (χ3v) is 4.44. The van der Waals surface area contributed by atoms with Crippen LogP contribution in [-0.4, -0.2) is 44.2 Å². The Hall–Kier alpha value is -3.00. The van der Waals surface area contributed by atoms with Gasteiger partial charge in [-0.2, -0.15) is 4.98 Å². The number of rotatable bonds is 4. The number of para-hydroxylation sites is 1. The van der Waals surface area contributed by atoms with Gasteiger partial charge in [0.2, 0.25) is 5.95 Å². The number of piperidine rings is 1. The summed E-state index contributed by atoms with van der Waals surface area (Å²) >= 11 is 0. The van der Waals surface area contributed by atoms with E-state index in [0.717, 1.165) is 25.2 Å². The van der Waals surface area contributed by atoms with Gasteiger partial charge in [0.1, 0.15) is 11.6 Å². The van der Waals surface area contributed by atoms with Crippen molar-refractivity contribution in [2.45, 2.75) is 25.5 Å². The van der Waals surface area contributed by atoms with E-state index in [-0.39, 0.29) is 11.7 Å². The van der Waals surface area contributed by atoms with Gasteiger partial charge in [0.05, 0.1) is 23.6 Å². The van der Waals surface area contributed by atoms with Gasteiger partial charge in [-0.25, -0.2) is 9.97 Å². The van der Waals surface area contributed by atoms with E-state index in [1.807, 2.05) is 24.3 Å². The summed E-state index contributed by atoms with van der Waals surface area (Å²) in [6.45, 7) is 1.76. The summed E-state index contributed by atoms with van der Waals surface area (Å²) < 4.78 is 0. The number of aromatic nitrogens is 4. The van der Waals surface area contributed by atoms with Crippen LogP contribution < -0.4 is 15.8 Å². The van der Waals surface area contributed by atoms with Crippen LogP contribution in [0, 0.1) is 0 Å². The van der Waals surface area contributed by atoms with E-state index in [0.29, 0.717) is 35.8 Å². The van der Waals surface area contributed by atoms with Crippen molar-refractivity contribution in [1.82, 2.24) is 19.9 Å². The fourth-order valence-corrected chi connectivity index (χ4v) is 3.15. The first kappa shape index (κ1) is 16.5. The van der Waals surface area contributed by atoms with Crippen molar-refractivity contribution >= 4 is 22.7 Å². The Morgan fingerprint density at radius 3 is 3.04 bits per heavy atom. The number of aromatic amines is 1. The lowest BCUT2D eigenvalue weighted by Gasteiger charge is -2.31. The maximum Gasteiger partial charge on any atom is 0.258 e. The second-order valence-electron chi connectivity index (χ2n) is 6.36. The highest BCUT2D eigenvalue weighted by molar-refractivity contribution is 5.77. The van der Waals surface area contributed by atoms with E-state index in [4.69, 9.17) is 0 Å². The molecule has 4 rings (SSSR count). The fraction of sp³-hybridized carbons (Fsp3) is 0.333. The number of nitrogens with one attached hydrogen (secondary N) is 2. The number of hydrogen-bond donors (Lipinski definition) is 3. The third kappa shape index (κ3) is 3.50. The molecular weight excluding hydrogens is 332 g/mol. The van der Waals surface area contributed by atoms with E-state index in [2.05, 4.69) is 30.2 Å². The number of nitrogens with zero attached hydrogens (tertiary/aromatic N) is 4. The average molecular weight is 352 g/mol. The second-order valence-corrected chi connectivity index (χ2v) is 6.36. The summed E-state index contributed by atoms with van der Waals surface area (Å²) in [4.78, 5) is 30.1. The largest absolute Gasteiger partial charge is 0.391 e. The molecule has 3 N–H and O–H groups in total. The molecule has 2 aromatic heterocycles. The molecule has 0 aliphatic carbocycles. The number of H-pyrrole nitrogens is 1. The number of benzene rings is 1. The molecule has 1 atom stereocenters. The van der Waals surface area contributed by atoms with Crippen molar-refractivity contribution in [3.05, 3.63) is 52.7 Å². The molecule has 8 nitrogen and oxygen atoms in total. The molecule has 1 aromatic carbocycles. The lowest BCUT2D eigenvalue weighted by molar-refractivity contribution is 0.154. The van der Waals surface area contributed by atoms with Crippen LogP contribution in [0.25, 0.3) is 10.9 Å². The van der Waals surface area contributed by atoms with Gasteiger partial charge >= 0.3 is 0 Å². The zero-order chi connectivity index (χ0) is 17.9. The van der Waals surface area contributed by atoms with Crippen LogP contribution in [0.2, 0.25) is 0 Å². The zero-order valence-corrected chi connectivity index (χ0v) is 14.2. The molecule has 0 amide bonds. The molecule has 1 fully saturated rings. The molecule has 8 heteroatoms. The average Bonchev–Trinajstić information content (AvgIpc) is 2.67. The van der Waals surface area contributed by atoms with Crippen molar-refractivity contribution in [2.24, 2.45) is 0 Å². The number of fused-ring (bicyclic) bond motifs is 1. The van der Waals surface area contributed by atoms with Gasteiger partial charge in [0.15, 0.2) is 0 Å². The van der Waals surface area contributed by atoms with E-state index in [1.165, 1.54) is 0 Å². The number of aliphatic hydroxyl groups is 1. The van der Waals surface area contributed by atoms with Gasteiger partial charge in [0.25, 0.3) is 5.56 Å². The highest BCUT2D eigenvalue weighted by atomic mass is 16.3. The van der Waals surface area contributed by atoms with Crippen molar-refractivity contribution in [1.29, 1.82) is 0 Å². The summed E-state index contributed by atoms with van der Waals surface area (Å²) in [5, 5.41) is 13.5. The Labute approximate surface area is 149 Å². The Balaban J connectivity index is 1.50. The summed E-state index contributed by atoms with van der Waals surface area (Å²) in [7, 11) is 0. The minimum Gasteiger partial charge on any atom is -0.391 e. The molecule has 3 heterocycles. The molecule has 3 aromatic rings. The first-order valence-electron chi connectivity index (χ1n) is 8.67. The Kier molecular flexibility index (Phi) is 4.49. The van der Waals surface area contributed by atoms with E-state index in [1.54, 1.807) is 12.3 Å². The molecule has 1 aliphatic rings. The van der Waals surface area contributed by atoms with Gasteiger partial charge < -0.3 is 20.3 Å². The summed E-state index contributed by atoms with van der Waals surface area (Å²) in [6, 6.07) is 9.06. The second kappa shape index (κ2) is 7.09. The van der Waals surface area contributed by atoms with Crippen LogP contribution in [0.3, 0.4) is 0 Å². The van der Waals surface area contributed by atoms with Crippen LogP contribution in [0.5, 0.6) is 0 Å². The first-order valence-corrected chi connectivity index (χ1v) is 8.67. The monoisotopic (exact) mass is 352 g/mol. The molecule has 0 saturated carbocycles. The lowest BCUT2D eigenvalue weighted by Crippen LogP contribution is -2.38. The quantitative estimate of drug-likeness (QED) is 0.649. The number of aliphatic hydroxyl groups excluding tert-OH is 1. The number of hydrogen-bond acceptors (Lipinski definition) is 7. The summed E-state index contributed by atoms with van der Waals surface area (Å²) in [6.07, 6.45) is 3.13. The highest BCUT2D eigenvalue weighted by Gasteiger charge is 2.19. The molecule has 134 valence electrons. The smallest absolute Gasteiger partial charge is 0.258 e. The normalized spacial score (nSPS) is 17.4. The molecule has 0 radical (unpaired) electrons. The molecule has 0 bridgehead atoms. The first-order chi connectivity index (χ1) is 12.7. The van der Waals surface area contributed by atoms with Crippen LogP contribution in [0.4, 0.5) is 11.8 Å². The molecule has 0 spiro atoms. The van der Waals surface area contributed by atoms with Gasteiger partial charge in [-0.15, -0.1) is 0 Å². The van der Waals surface area contributed by atoms with Gasteiger partial charge in [-0.05, 0) is 31.0 Å². The highest BCUT2D eigenvalue weighted by Crippen LogP contribution is 2.18. The van der Waals surface area contributed by atoms with Crippen LogP contribution in [0.15, 0.2) is 41.3 Å². The van der Waals surface area contributed by atoms with Gasteiger partial charge in [0, 0.05) is 19.3 Å². The molecule has 26 heavy (non-hydrogen) atoms. The SMILES string of the molecule is O=c1[nH]c(CNc2nccc(N3CCC[C@H](O)C3)n2)nc2ccccc12. The molecule has 1 aliphatic heterocycles. The maximum atomic E-state index is 12.1. The maximum absolute atomic E-state index is 12.1. The Morgan fingerprint density at radius 2 is 2.15 bits per heavy atom. The van der Waals surface area contributed by atoms with Crippen molar-refractivity contribution in [3.8, 4) is 0 Å². The molecule has 1 saturated heterocycles. The van der Waals surface area contributed by atoms with Crippen molar-refractivity contribution in [3.63, 3.8) is 0 Å². The Bertz CT molecular complexity index is 973. The van der Waals surface area contributed by atoms with Crippen molar-refractivity contribution < 1.29 is 5.11 Å². The van der Waals surface area contributed by atoms with E-state index >= 15 is 0 Å². The Morgan fingerprint density at radius 1 is 1.27 bits per heavy atom. The predicted octanol–water partition coefficient (Wildman–Crippen LogP) is 1.29. The third-order valence-electron chi connectivity index (χ3n) is 4.44. The lowest BCUT2D eigenvalue weighted by atomic mass is 10.1. The van der Waals surface area contributed by atoms with Crippen molar-refractivity contribution in [2.75, 3.05) is 23.3 Å². The topological polar surface area (TPSA) is 107 Å². The van der Waals surface area contributed by atoms with Crippen LogP contribution >= 0.6 is 0 Å².